The molecule has 1 aliphatic carbocycles. The summed E-state index contributed by atoms with van der Waals surface area (Å²) in [4.78, 5) is 31.1. The Balaban J connectivity index is 1.38. The van der Waals surface area contributed by atoms with Crippen molar-refractivity contribution < 1.29 is 27.5 Å². The molecule has 2 aromatic rings. The molecule has 2 aliphatic heterocycles. The molecule has 2 N–H and O–H groups in total. The van der Waals surface area contributed by atoms with Crippen LogP contribution in [0.3, 0.4) is 0 Å². The predicted molar refractivity (Wildman–Crippen MR) is 173 cm³/mol. The van der Waals surface area contributed by atoms with Crippen LogP contribution >= 0.6 is 11.8 Å². The van der Waals surface area contributed by atoms with Crippen LogP contribution in [0.4, 0.5) is 0 Å². The van der Waals surface area contributed by atoms with Crippen LogP contribution in [0.2, 0.25) is 0 Å². The van der Waals surface area contributed by atoms with Gasteiger partial charge in [-0.25, -0.2) is 8.42 Å². The van der Waals surface area contributed by atoms with Gasteiger partial charge in [-0.05, 0) is 85.0 Å². The fourth-order valence-corrected chi connectivity index (χ4v) is 8.10. The Morgan fingerprint density at radius 2 is 1.75 bits per heavy atom. The van der Waals surface area contributed by atoms with E-state index < -0.39 is 28.0 Å². The molecule has 10 nitrogen and oxygen atoms in total. The highest BCUT2D eigenvalue weighted by Gasteiger charge is 2.42. The summed E-state index contributed by atoms with van der Waals surface area (Å²) >= 11 is 1.58. The van der Waals surface area contributed by atoms with Crippen molar-refractivity contribution in [3.63, 3.8) is 0 Å². The van der Waals surface area contributed by atoms with Crippen molar-refractivity contribution in [2.45, 2.75) is 61.3 Å². The van der Waals surface area contributed by atoms with Crippen LogP contribution in [0, 0.1) is 5.41 Å². The van der Waals surface area contributed by atoms with Gasteiger partial charge in [0, 0.05) is 26.1 Å². The number of allylic oxidation sites excluding steroid dienone is 2. The summed E-state index contributed by atoms with van der Waals surface area (Å²) in [5, 5.41) is 9.98. The molecule has 0 spiro atoms. The third-order valence-corrected chi connectivity index (χ3v) is 11.2. The number of hydrogen-bond donors (Lipinski definition) is 2. The second kappa shape index (κ2) is 13.3. The molecule has 2 aromatic carbocycles. The highest BCUT2D eigenvalue weighted by molar-refractivity contribution is 8.00. The van der Waals surface area contributed by atoms with Crippen molar-refractivity contribution in [1.82, 2.24) is 14.5 Å². The first-order valence-electron chi connectivity index (χ1n) is 14.8. The second-order valence-electron chi connectivity index (χ2n) is 11.4. The summed E-state index contributed by atoms with van der Waals surface area (Å²) < 4.78 is 40.4. The number of amides is 2. The van der Waals surface area contributed by atoms with Crippen molar-refractivity contribution in [3.05, 3.63) is 53.6 Å². The van der Waals surface area contributed by atoms with Crippen molar-refractivity contribution >= 4 is 50.1 Å². The molecule has 2 heterocycles. The highest BCUT2D eigenvalue weighted by atomic mass is 32.2. The van der Waals surface area contributed by atoms with Crippen LogP contribution in [0.5, 0.6) is 11.5 Å². The molecular weight excluding hydrogens is 601 g/mol. The molecule has 2 saturated heterocycles. The zero-order valence-corrected chi connectivity index (χ0v) is 27.2. The monoisotopic (exact) mass is 640 g/mol. The number of piperidine rings is 1. The largest absolute Gasteiger partial charge is 0.493 e. The Bertz CT molecular complexity index is 1630. The number of methoxy groups -OCH3 is 2. The Labute approximate surface area is 263 Å². The summed E-state index contributed by atoms with van der Waals surface area (Å²) in [6.07, 6.45) is 9.32. The maximum atomic E-state index is 13.9. The molecule has 5 rings (SSSR count). The number of ether oxygens (including phenoxy) is 2. The van der Waals surface area contributed by atoms with Gasteiger partial charge in [-0.2, -0.15) is 16.5 Å². The topological polar surface area (TPSA) is 129 Å². The number of nitrogens with one attached hydrogen (secondary N) is 2. The number of thioether (sulfide) groups is 1. The van der Waals surface area contributed by atoms with Crippen molar-refractivity contribution in [3.8, 4) is 11.5 Å². The maximum absolute atomic E-state index is 13.9. The van der Waals surface area contributed by atoms with Gasteiger partial charge < -0.3 is 24.7 Å². The number of likely N-dealkylation sites (tertiary alicyclic amines) is 2. The van der Waals surface area contributed by atoms with Gasteiger partial charge in [0.25, 0.3) is 0 Å². The molecule has 0 aromatic heterocycles. The van der Waals surface area contributed by atoms with E-state index in [2.05, 4.69) is 4.72 Å². The first-order chi connectivity index (χ1) is 21.1. The van der Waals surface area contributed by atoms with E-state index in [4.69, 9.17) is 14.9 Å². The molecule has 0 bridgehead atoms. The number of nitrogens with zero attached hydrogens (tertiary/aromatic N) is 2. The van der Waals surface area contributed by atoms with E-state index in [0.717, 1.165) is 35.8 Å². The van der Waals surface area contributed by atoms with E-state index in [1.807, 2.05) is 30.2 Å². The van der Waals surface area contributed by atoms with E-state index in [1.165, 1.54) is 20.3 Å². The summed E-state index contributed by atoms with van der Waals surface area (Å²) in [6.45, 7) is 3.44. The maximum Gasteiger partial charge on any atom is 0.245 e. The molecule has 2 fully saturated rings. The first kappa shape index (κ1) is 32.1. The van der Waals surface area contributed by atoms with Gasteiger partial charge in [0.2, 0.25) is 21.8 Å². The molecule has 3 unspecified atom stereocenters. The third-order valence-electron chi connectivity index (χ3n) is 8.80. The molecule has 3 aliphatic rings. The molecule has 0 radical (unpaired) electrons. The number of carbonyl (C=O) groups excluding carboxylic acids is 2. The zero-order chi connectivity index (χ0) is 31.6. The lowest BCUT2D eigenvalue weighted by molar-refractivity contribution is -0.144. The quantitative estimate of drug-likeness (QED) is 0.399. The van der Waals surface area contributed by atoms with Gasteiger partial charge in [-0.3, -0.25) is 9.59 Å². The van der Waals surface area contributed by atoms with Crippen molar-refractivity contribution in [2.24, 2.45) is 0 Å². The SMILES string of the molecule is COc1cc2ccc(S(=O)(=O)NC3CCN(C(CC4=C(C)C(=N)C(SC)C=C4)C(=O)N4CCCCC4)C3=O)cc2cc1OC. The lowest BCUT2D eigenvalue weighted by Crippen LogP contribution is -2.52. The van der Waals surface area contributed by atoms with Crippen molar-refractivity contribution in [2.75, 3.05) is 40.1 Å². The van der Waals surface area contributed by atoms with Gasteiger partial charge in [0.1, 0.15) is 12.1 Å². The molecule has 12 heteroatoms. The van der Waals surface area contributed by atoms with Gasteiger partial charge in [-0.15, -0.1) is 0 Å². The van der Waals surface area contributed by atoms with Crippen molar-refractivity contribution in [1.29, 1.82) is 5.41 Å². The minimum Gasteiger partial charge on any atom is -0.493 e. The summed E-state index contributed by atoms with van der Waals surface area (Å²) in [5.74, 6) is 0.485. The zero-order valence-electron chi connectivity index (χ0n) is 25.6. The molecule has 44 heavy (non-hydrogen) atoms. The van der Waals surface area contributed by atoms with Crippen LogP contribution in [-0.2, 0) is 19.6 Å². The molecular formula is C32H40N4O6S2. The predicted octanol–water partition coefficient (Wildman–Crippen LogP) is 4.15. The fraction of sp³-hybridized carbons (Fsp3) is 0.469. The fourth-order valence-electron chi connectivity index (χ4n) is 6.19. The van der Waals surface area contributed by atoms with Crippen LogP contribution in [0.25, 0.3) is 10.8 Å². The average molecular weight is 641 g/mol. The Hall–Kier alpha value is -3.35. The standard InChI is InChI=1S/C32H40N4O6S2/c1-20-21(9-11-29(43-4)30(20)33)17-26(32(38)35-13-6-5-7-14-35)36-15-12-25(31(36)37)34-44(39,40)24-10-8-22-18-27(41-2)28(42-3)19-23(22)16-24/h8-11,16,18-19,25-26,29,33-34H,5-7,12-15,17H2,1-4H3. The van der Waals surface area contributed by atoms with E-state index in [-0.39, 0.29) is 35.4 Å². The number of fused-ring (bicyclic) bond motifs is 1. The number of sulfonamides is 1. The Kier molecular flexibility index (Phi) is 9.71. The molecule has 236 valence electrons. The van der Waals surface area contributed by atoms with Crippen LogP contribution in [0.15, 0.2) is 58.5 Å². The number of rotatable bonds is 10. The highest BCUT2D eigenvalue weighted by Crippen LogP contribution is 2.34. The first-order valence-corrected chi connectivity index (χ1v) is 17.6. The minimum absolute atomic E-state index is 0.0272. The minimum atomic E-state index is -4.06. The van der Waals surface area contributed by atoms with Gasteiger partial charge in [0.15, 0.2) is 11.5 Å². The van der Waals surface area contributed by atoms with E-state index in [0.29, 0.717) is 35.7 Å². The lowest BCUT2D eigenvalue weighted by atomic mass is 9.91. The Morgan fingerprint density at radius 3 is 2.41 bits per heavy atom. The molecule has 2 amide bonds. The van der Waals surface area contributed by atoms with Crippen LogP contribution in [0.1, 0.15) is 39.0 Å². The number of hydrogen-bond acceptors (Lipinski definition) is 8. The average Bonchev–Trinajstić information content (AvgIpc) is 3.39. The third kappa shape index (κ3) is 6.38. The van der Waals surface area contributed by atoms with E-state index >= 15 is 0 Å². The smallest absolute Gasteiger partial charge is 0.245 e. The van der Waals surface area contributed by atoms with Crippen LogP contribution in [-0.4, -0.2) is 93.2 Å². The van der Waals surface area contributed by atoms with Crippen LogP contribution < -0.4 is 14.2 Å². The van der Waals surface area contributed by atoms with Gasteiger partial charge in [0.05, 0.1) is 30.1 Å². The molecule has 3 atom stereocenters. The number of benzene rings is 2. The Morgan fingerprint density at radius 1 is 1.07 bits per heavy atom. The van der Waals surface area contributed by atoms with E-state index in [1.54, 1.807) is 40.9 Å². The van der Waals surface area contributed by atoms with Gasteiger partial charge in [-0.1, -0.05) is 18.2 Å². The summed E-state index contributed by atoms with van der Waals surface area (Å²) in [6, 6.07) is 6.45. The van der Waals surface area contributed by atoms with Gasteiger partial charge >= 0.3 is 0 Å². The van der Waals surface area contributed by atoms with E-state index in [9.17, 15) is 18.0 Å². The summed E-state index contributed by atoms with van der Waals surface area (Å²) in [7, 11) is -1.01. The normalized spacial score (nSPS) is 21.7. The molecule has 0 saturated carbocycles. The number of carbonyl (C=O) groups is 2. The lowest BCUT2D eigenvalue weighted by Gasteiger charge is -2.35. The summed E-state index contributed by atoms with van der Waals surface area (Å²) in [5.41, 5.74) is 2.18. The second-order valence-corrected chi connectivity index (χ2v) is 14.1.